The van der Waals surface area contributed by atoms with Crippen molar-refractivity contribution in [3.63, 3.8) is 0 Å². The molecule has 14 nitrogen and oxygen atoms in total. The molecule has 0 saturated carbocycles. The molecule has 0 aliphatic carbocycles. The predicted octanol–water partition coefficient (Wildman–Crippen LogP) is 2.32. The van der Waals surface area contributed by atoms with Gasteiger partial charge in [-0.25, -0.2) is 0 Å². The number of carbonyl (C=O) groups is 1. The molecule has 1 rings (SSSR count). The SMILES string of the molecule is O=Cc1ccc(OCCOCCOCCOCCOCCOCCOCCOCCOCCOCCOCCOCCOCCCl)cc1. The number of aldehydes is 1. The molecular weight excluding hydrogens is 656 g/mol. The molecule has 0 atom stereocenters. The summed E-state index contributed by atoms with van der Waals surface area (Å²) in [7, 11) is 0. The largest absolute Gasteiger partial charge is 0.491 e. The van der Waals surface area contributed by atoms with E-state index in [0.717, 1.165) is 6.29 Å². The van der Waals surface area contributed by atoms with E-state index in [1.54, 1.807) is 24.3 Å². The summed E-state index contributed by atoms with van der Waals surface area (Å²) in [5, 5.41) is 0. The topological polar surface area (TPSA) is 137 Å². The molecule has 0 amide bonds. The van der Waals surface area contributed by atoms with Gasteiger partial charge in [-0.05, 0) is 24.3 Å². The zero-order valence-corrected chi connectivity index (χ0v) is 29.1. The molecule has 0 heterocycles. The Morgan fingerprint density at radius 3 is 0.812 bits per heavy atom. The highest BCUT2D eigenvalue weighted by Crippen LogP contribution is 2.10. The van der Waals surface area contributed by atoms with Crippen molar-refractivity contribution in [2.24, 2.45) is 0 Å². The second kappa shape index (κ2) is 38.3. The van der Waals surface area contributed by atoms with E-state index in [4.69, 9.17) is 73.2 Å². The number of rotatable bonds is 40. The molecule has 0 aliphatic heterocycles. The van der Waals surface area contributed by atoms with Crippen molar-refractivity contribution >= 4 is 17.9 Å². The number of carbonyl (C=O) groups excluding carboxylic acids is 1. The summed E-state index contributed by atoms with van der Waals surface area (Å²) in [5.41, 5.74) is 0.617. The Morgan fingerprint density at radius 2 is 0.583 bits per heavy atom. The molecule has 0 saturated heterocycles. The molecule has 15 heteroatoms. The van der Waals surface area contributed by atoms with Gasteiger partial charge >= 0.3 is 0 Å². The highest BCUT2D eigenvalue weighted by atomic mass is 35.5. The van der Waals surface area contributed by atoms with Gasteiger partial charge in [-0.3, -0.25) is 4.79 Å². The molecular formula is C33H57ClO14. The van der Waals surface area contributed by atoms with Crippen LogP contribution in [0.25, 0.3) is 0 Å². The van der Waals surface area contributed by atoms with Crippen LogP contribution < -0.4 is 4.74 Å². The average Bonchev–Trinajstić information content (AvgIpc) is 3.11. The molecule has 0 N–H and O–H groups in total. The summed E-state index contributed by atoms with van der Waals surface area (Å²) in [6.07, 6.45) is 0.797. The van der Waals surface area contributed by atoms with Gasteiger partial charge in [0.25, 0.3) is 0 Å². The van der Waals surface area contributed by atoms with Gasteiger partial charge in [0.15, 0.2) is 0 Å². The van der Waals surface area contributed by atoms with E-state index < -0.39 is 0 Å². The van der Waals surface area contributed by atoms with Gasteiger partial charge in [-0.1, -0.05) is 0 Å². The summed E-state index contributed by atoms with van der Waals surface area (Å²) in [6.45, 7) is 12.5. The standard InChI is InChI=1S/C33H57ClO14/c34-5-6-36-7-8-37-9-10-38-11-12-39-13-14-40-15-16-41-17-18-42-19-20-43-21-22-44-23-24-45-25-26-46-27-28-47-29-30-48-33-3-1-32(31-35)2-4-33/h1-4,31H,5-30H2. The quantitative estimate of drug-likeness (QED) is 0.0559. The van der Waals surface area contributed by atoms with Crippen molar-refractivity contribution in [2.45, 2.75) is 0 Å². The lowest BCUT2D eigenvalue weighted by Crippen LogP contribution is -2.15. The molecule has 0 spiro atoms. The van der Waals surface area contributed by atoms with E-state index in [2.05, 4.69) is 0 Å². The van der Waals surface area contributed by atoms with Crippen molar-refractivity contribution < 1.29 is 66.4 Å². The average molecular weight is 713 g/mol. The second-order valence-electron chi connectivity index (χ2n) is 9.57. The van der Waals surface area contributed by atoms with Gasteiger partial charge in [-0.2, -0.15) is 0 Å². The van der Waals surface area contributed by atoms with Crippen LogP contribution in [0.15, 0.2) is 24.3 Å². The summed E-state index contributed by atoms with van der Waals surface area (Å²) in [4.78, 5) is 10.6. The van der Waals surface area contributed by atoms with Crippen LogP contribution in [0.4, 0.5) is 0 Å². The van der Waals surface area contributed by atoms with Crippen LogP contribution in [0.3, 0.4) is 0 Å². The highest BCUT2D eigenvalue weighted by molar-refractivity contribution is 6.17. The number of benzene rings is 1. The number of ether oxygens (including phenoxy) is 13. The van der Waals surface area contributed by atoms with Crippen molar-refractivity contribution in [1.29, 1.82) is 0 Å². The first kappa shape index (κ1) is 44.5. The summed E-state index contributed by atoms with van der Waals surface area (Å²) in [5.74, 6) is 1.20. The van der Waals surface area contributed by atoms with Crippen LogP contribution in [0, 0.1) is 0 Å². The van der Waals surface area contributed by atoms with E-state index in [1.165, 1.54) is 0 Å². The van der Waals surface area contributed by atoms with Crippen molar-refractivity contribution in [3.05, 3.63) is 29.8 Å². The number of hydrogen-bond acceptors (Lipinski definition) is 14. The van der Waals surface area contributed by atoms with Crippen molar-refractivity contribution in [2.75, 3.05) is 171 Å². The number of alkyl halides is 1. The van der Waals surface area contributed by atoms with E-state index in [0.29, 0.717) is 182 Å². The zero-order chi connectivity index (χ0) is 34.3. The van der Waals surface area contributed by atoms with Crippen LogP contribution in [0.5, 0.6) is 5.75 Å². The fraction of sp³-hybridized carbons (Fsp3) is 0.788. The summed E-state index contributed by atoms with van der Waals surface area (Å²) < 4.78 is 70.7. The number of hydrogen-bond donors (Lipinski definition) is 0. The Morgan fingerprint density at radius 1 is 0.354 bits per heavy atom. The first-order valence-electron chi connectivity index (χ1n) is 16.5. The zero-order valence-electron chi connectivity index (χ0n) is 28.4. The third kappa shape index (κ3) is 33.0. The molecule has 0 fully saturated rings. The molecule has 1 aromatic rings. The van der Waals surface area contributed by atoms with Crippen LogP contribution in [-0.2, 0) is 56.8 Å². The third-order valence-electron chi connectivity index (χ3n) is 5.83. The van der Waals surface area contributed by atoms with Crippen LogP contribution in [0.2, 0.25) is 0 Å². The minimum atomic E-state index is 0.429. The molecule has 280 valence electrons. The molecule has 0 bridgehead atoms. The van der Waals surface area contributed by atoms with Gasteiger partial charge in [0, 0.05) is 11.4 Å². The lowest BCUT2D eigenvalue weighted by molar-refractivity contribution is -0.0284. The Hall–Kier alpha value is -1.50. The maximum Gasteiger partial charge on any atom is 0.150 e. The van der Waals surface area contributed by atoms with E-state index in [9.17, 15) is 4.79 Å². The molecule has 48 heavy (non-hydrogen) atoms. The first-order valence-corrected chi connectivity index (χ1v) is 17.1. The van der Waals surface area contributed by atoms with E-state index in [-0.39, 0.29) is 0 Å². The van der Waals surface area contributed by atoms with Gasteiger partial charge in [-0.15, -0.1) is 11.6 Å². The minimum Gasteiger partial charge on any atom is -0.491 e. The van der Waals surface area contributed by atoms with Crippen molar-refractivity contribution in [1.82, 2.24) is 0 Å². The Balaban J connectivity index is 1.63. The smallest absolute Gasteiger partial charge is 0.150 e. The fourth-order valence-corrected chi connectivity index (χ4v) is 3.55. The van der Waals surface area contributed by atoms with E-state index in [1.807, 2.05) is 0 Å². The van der Waals surface area contributed by atoms with Gasteiger partial charge in [0.1, 0.15) is 18.6 Å². The molecule has 0 aromatic heterocycles. The summed E-state index contributed by atoms with van der Waals surface area (Å²) in [6, 6.07) is 6.93. The summed E-state index contributed by atoms with van der Waals surface area (Å²) >= 11 is 5.51. The van der Waals surface area contributed by atoms with Gasteiger partial charge in [0.2, 0.25) is 0 Å². The highest BCUT2D eigenvalue weighted by Gasteiger charge is 1.98. The Labute approximate surface area is 290 Å². The van der Waals surface area contributed by atoms with Crippen LogP contribution >= 0.6 is 11.6 Å². The fourth-order valence-electron chi connectivity index (χ4n) is 3.44. The Kier molecular flexibility index (Phi) is 35.5. The Bertz CT molecular complexity index is 777. The monoisotopic (exact) mass is 712 g/mol. The van der Waals surface area contributed by atoms with Crippen molar-refractivity contribution in [3.8, 4) is 5.75 Å². The van der Waals surface area contributed by atoms with Gasteiger partial charge < -0.3 is 61.6 Å². The normalized spacial score (nSPS) is 11.4. The first-order chi connectivity index (χ1) is 23.9. The van der Waals surface area contributed by atoms with E-state index >= 15 is 0 Å². The van der Waals surface area contributed by atoms with Gasteiger partial charge in [0.05, 0.1) is 159 Å². The molecule has 1 aromatic carbocycles. The van der Waals surface area contributed by atoms with Crippen LogP contribution in [-0.4, -0.2) is 177 Å². The minimum absolute atomic E-state index is 0.429. The predicted molar refractivity (Wildman–Crippen MR) is 178 cm³/mol. The molecule has 0 radical (unpaired) electrons. The maximum atomic E-state index is 10.6. The third-order valence-corrected chi connectivity index (χ3v) is 5.98. The maximum absolute atomic E-state index is 10.6. The molecule has 0 aliphatic rings. The lowest BCUT2D eigenvalue weighted by Gasteiger charge is -2.09. The number of halogens is 1. The molecule has 0 unspecified atom stereocenters. The second-order valence-corrected chi connectivity index (χ2v) is 9.95. The lowest BCUT2D eigenvalue weighted by atomic mass is 10.2. The van der Waals surface area contributed by atoms with Crippen LogP contribution in [0.1, 0.15) is 10.4 Å².